The third-order valence-electron chi connectivity index (χ3n) is 5.04. The number of amides is 1. The average Bonchev–Trinajstić information content (AvgIpc) is 2.94. The summed E-state index contributed by atoms with van der Waals surface area (Å²) in [5.74, 6) is 0.148. The van der Waals surface area contributed by atoms with Crippen LogP contribution in [0.5, 0.6) is 0 Å². The summed E-state index contributed by atoms with van der Waals surface area (Å²) in [6, 6.07) is 12.6. The molecule has 26 heavy (non-hydrogen) atoms. The van der Waals surface area contributed by atoms with Gasteiger partial charge in [0.25, 0.3) is 5.91 Å². The van der Waals surface area contributed by atoms with Crippen molar-refractivity contribution >= 4 is 28.5 Å². The molecule has 5 heteroatoms. The average molecular weight is 351 g/mol. The van der Waals surface area contributed by atoms with Gasteiger partial charge in [0.15, 0.2) is 0 Å². The van der Waals surface area contributed by atoms with E-state index in [-0.39, 0.29) is 11.7 Å². The number of piperidine rings is 1. The third-order valence-corrected chi connectivity index (χ3v) is 5.04. The maximum atomic E-state index is 13.3. The molecule has 2 N–H and O–H groups in total. The van der Waals surface area contributed by atoms with Crippen molar-refractivity contribution in [2.24, 2.45) is 5.92 Å². The Morgan fingerprint density at radius 2 is 2.04 bits per heavy atom. The first-order chi connectivity index (χ1) is 12.6. The van der Waals surface area contributed by atoms with E-state index in [1.54, 1.807) is 12.3 Å². The fraction of sp³-hybridized carbons (Fsp3) is 0.286. The van der Waals surface area contributed by atoms with Crippen LogP contribution in [0.1, 0.15) is 25.3 Å². The highest BCUT2D eigenvalue weighted by molar-refractivity contribution is 6.31. The van der Waals surface area contributed by atoms with Crippen LogP contribution in [0.2, 0.25) is 0 Å². The number of nitrogens with zero attached hydrogens (tertiary/aromatic N) is 1. The third kappa shape index (κ3) is 3.29. The maximum absolute atomic E-state index is 13.3. The summed E-state index contributed by atoms with van der Waals surface area (Å²) in [7, 11) is 0. The van der Waals surface area contributed by atoms with Gasteiger partial charge in [-0.05, 0) is 61.2 Å². The summed E-state index contributed by atoms with van der Waals surface area (Å²) in [5.41, 5.74) is 3.87. The molecule has 0 spiro atoms. The minimum Gasteiger partial charge on any atom is -0.371 e. The maximum Gasteiger partial charge on any atom is 0.257 e. The molecule has 0 bridgehead atoms. The van der Waals surface area contributed by atoms with E-state index in [1.807, 2.05) is 12.1 Å². The van der Waals surface area contributed by atoms with Gasteiger partial charge in [-0.25, -0.2) is 4.39 Å². The number of halogens is 1. The lowest BCUT2D eigenvalue weighted by atomic mass is 10.00. The lowest BCUT2D eigenvalue weighted by Gasteiger charge is -2.32. The minimum absolute atomic E-state index is 0.225. The molecule has 1 atom stereocenters. The molecule has 2 aromatic carbocycles. The number of carbonyl (C=O) groups excluding carboxylic acids is 1. The first-order valence-electron chi connectivity index (χ1n) is 9.03. The molecule has 0 saturated carbocycles. The number of hydrogen-bond acceptors (Lipinski definition) is 3. The molecule has 2 heterocycles. The fourth-order valence-electron chi connectivity index (χ4n) is 3.66. The van der Waals surface area contributed by atoms with Crippen molar-refractivity contribution in [1.29, 1.82) is 0 Å². The van der Waals surface area contributed by atoms with Crippen molar-refractivity contribution in [3.8, 4) is 0 Å². The van der Waals surface area contributed by atoms with E-state index < -0.39 is 0 Å². The molecule has 1 saturated heterocycles. The second kappa shape index (κ2) is 6.83. The molecular weight excluding hydrogens is 329 g/mol. The molecule has 0 aliphatic carbocycles. The summed E-state index contributed by atoms with van der Waals surface area (Å²) in [6.45, 7) is 4.50. The highest BCUT2D eigenvalue weighted by Gasteiger charge is 2.24. The second-order valence-corrected chi connectivity index (χ2v) is 7.09. The van der Waals surface area contributed by atoms with Crippen LogP contribution in [-0.2, 0) is 4.79 Å². The summed E-state index contributed by atoms with van der Waals surface area (Å²) in [6.07, 6.45) is 4.22. The van der Waals surface area contributed by atoms with Gasteiger partial charge in [-0.15, -0.1) is 0 Å². The normalized spacial score (nSPS) is 20.8. The predicted molar refractivity (Wildman–Crippen MR) is 104 cm³/mol. The molecular formula is C21H22FN3O. The molecule has 0 radical (unpaired) electrons. The van der Waals surface area contributed by atoms with Crippen molar-refractivity contribution < 1.29 is 9.18 Å². The monoisotopic (exact) mass is 351 g/mol. The van der Waals surface area contributed by atoms with E-state index >= 15 is 0 Å². The SMILES string of the molecule is CC1CCCN(c2ccc(N/C=C3/C(=O)Nc4cc(F)ccc43)cc2)C1. The first kappa shape index (κ1) is 16.6. The largest absolute Gasteiger partial charge is 0.371 e. The van der Waals surface area contributed by atoms with Crippen LogP contribution < -0.4 is 15.5 Å². The highest BCUT2D eigenvalue weighted by Crippen LogP contribution is 2.32. The van der Waals surface area contributed by atoms with E-state index in [9.17, 15) is 9.18 Å². The van der Waals surface area contributed by atoms with Crippen LogP contribution in [0, 0.1) is 11.7 Å². The Labute approximate surface area is 152 Å². The van der Waals surface area contributed by atoms with Gasteiger partial charge in [0.05, 0.1) is 11.3 Å². The standard InChI is InChI=1S/C21H22FN3O/c1-14-3-2-10-25(13-14)17-7-5-16(6-8-17)23-12-19-18-9-4-15(22)11-20(18)24-21(19)26/h4-9,11-12,14,23H,2-3,10,13H2,1H3,(H,24,26)/b19-12+. The molecule has 1 unspecified atom stereocenters. The summed E-state index contributed by atoms with van der Waals surface area (Å²) in [5, 5.41) is 5.86. The topological polar surface area (TPSA) is 44.4 Å². The number of anilines is 3. The summed E-state index contributed by atoms with van der Waals surface area (Å²) in [4.78, 5) is 14.5. The number of fused-ring (bicyclic) bond motifs is 1. The Bertz CT molecular complexity index is 860. The van der Waals surface area contributed by atoms with Crippen LogP contribution in [0.15, 0.2) is 48.7 Å². The number of hydrogen-bond donors (Lipinski definition) is 2. The lowest BCUT2D eigenvalue weighted by molar-refractivity contribution is -0.110. The van der Waals surface area contributed by atoms with Crippen LogP contribution in [0.25, 0.3) is 5.57 Å². The van der Waals surface area contributed by atoms with E-state index in [0.29, 0.717) is 16.8 Å². The Morgan fingerprint density at radius 1 is 1.23 bits per heavy atom. The zero-order chi connectivity index (χ0) is 18.1. The van der Waals surface area contributed by atoms with Gasteiger partial charge in [0, 0.05) is 36.2 Å². The molecule has 2 aliphatic rings. The smallest absolute Gasteiger partial charge is 0.257 e. The van der Waals surface area contributed by atoms with Crippen molar-refractivity contribution in [3.63, 3.8) is 0 Å². The first-order valence-corrected chi connectivity index (χ1v) is 9.03. The van der Waals surface area contributed by atoms with Gasteiger partial charge in [-0.2, -0.15) is 0 Å². The Morgan fingerprint density at radius 3 is 2.81 bits per heavy atom. The van der Waals surface area contributed by atoms with Crippen LogP contribution in [0.3, 0.4) is 0 Å². The van der Waals surface area contributed by atoms with Crippen LogP contribution in [0.4, 0.5) is 21.5 Å². The number of rotatable bonds is 3. The minimum atomic E-state index is -0.360. The second-order valence-electron chi connectivity index (χ2n) is 7.09. The Kier molecular flexibility index (Phi) is 4.37. The molecule has 4 nitrogen and oxygen atoms in total. The summed E-state index contributed by atoms with van der Waals surface area (Å²) < 4.78 is 13.3. The molecule has 1 fully saturated rings. The Balaban J connectivity index is 1.48. The van der Waals surface area contributed by atoms with E-state index in [4.69, 9.17) is 0 Å². The van der Waals surface area contributed by atoms with Gasteiger partial charge in [0.2, 0.25) is 0 Å². The van der Waals surface area contributed by atoms with Gasteiger partial charge in [0.1, 0.15) is 5.82 Å². The lowest BCUT2D eigenvalue weighted by Crippen LogP contribution is -2.34. The predicted octanol–water partition coefficient (Wildman–Crippen LogP) is 4.47. The zero-order valence-electron chi connectivity index (χ0n) is 14.8. The fourth-order valence-corrected chi connectivity index (χ4v) is 3.66. The Hall–Kier alpha value is -2.82. The van der Waals surface area contributed by atoms with Gasteiger partial charge in [-0.3, -0.25) is 4.79 Å². The van der Waals surface area contributed by atoms with Crippen molar-refractivity contribution in [2.45, 2.75) is 19.8 Å². The van der Waals surface area contributed by atoms with Crippen molar-refractivity contribution in [1.82, 2.24) is 0 Å². The van der Waals surface area contributed by atoms with E-state index in [1.165, 1.54) is 30.7 Å². The zero-order valence-corrected chi connectivity index (χ0v) is 14.8. The van der Waals surface area contributed by atoms with Crippen molar-refractivity contribution in [2.75, 3.05) is 28.6 Å². The quantitative estimate of drug-likeness (QED) is 0.802. The van der Waals surface area contributed by atoms with E-state index in [2.05, 4.69) is 34.6 Å². The molecule has 4 rings (SSSR count). The molecule has 2 aliphatic heterocycles. The molecule has 134 valence electrons. The van der Waals surface area contributed by atoms with Gasteiger partial charge in [-0.1, -0.05) is 6.92 Å². The molecule has 0 aromatic heterocycles. The van der Waals surface area contributed by atoms with Gasteiger partial charge < -0.3 is 15.5 Å². The van der Waals surface area contributed by atoms with Gasteiger partial charge >= 0.3 is 0 Å². The highest BCUT2D eigenvalue weighted by atomic mass is 19.1. The molecule has 2 aromatic rings. The number of benzene rings is 2. The molecule has 1 amide bonds. The number of carbonyl (C=O) groups is 1. The van der Waals surface area contributed by atoms with Crippen LogP contribution in [-0.4, -0.2) is 19.0 Å². The van der Waals surface area contributed by atoms with E-state index in [0.717, 1.165) is 24.7 Å². The van der Waals surface area contributed by atoms with Crippen molar-refractivity contribution in [3.05, 3.63) is 60.0 Å². The summed E-state index contributed by atoms with van der Waals surface area (Å²) >= 11 is 0. The number of nitrogens with one attached hydrogen (secondary N) is 2. The van der Waals surface area contributed by atoms with Crippen LogP contribution >= 0.6 is 0 Å².